The van der Waals surface area contributed by atoms with Crippen LogP contribution in [0.3, 0.4) is 0 Å². The van der Waals surface area contributed by atoms with Crippen molar-refractivity contribution in [1.29, 1.82) is 0 Å². The molecule has 10 aromatic carbocycles. The highest BCUT2D eigenvalue weighted by atomic mass is 35.5. The first-order valence-corrected chi connectivity index (χ1v) is 24.1. The van der Waals surface area contributed by atoms with E-state index in [0.29, 0.717) is 21.5 Å². The van der Waals surface area contributed by atoms with Gasteiger partial charge in [0.2, 0.25) is 0 Å². The predicted octanol–water partition coefficient (Wildman–Crippen LogP) is 17.9. The molecular weight excluding hydrogens is 898 g/mol. The molecule has 15 rings (SSSR count). The van der Waals surface area contributed by atoms with Gasteiger partial charge in [0.15, 0.2) is 5.82 Å². The van der Waals surface area contributed by atoms with Crippen LogP contribution in [-0.2, 0) is 0 Å². The quantitative estimate of drug-likeness (QED) is 0.181. The number of nitrogens with one attached hydrogen (secondary N) is 2. The number of H-pyrrole nitrogens is 2. The van der Waals surface area contributed by atoms with Crippen LogP contribution in [0, 0.1) is 0 Å². The van der Waals surface area contributed by atoms with Crippen LogP contribution in [0.2, 0.25) is 10.0 Å². The van der Waals surface area contributed by atoms with Gasteiger partial charge < -0.3 is 9.97 Å². The molecule has 70 heavy (non-hydrogen) atoms. The van der Waals surface area contributed by atoms with Gasteiger partial charge in [-0.15, -0.1) is 0 Å². The van der Waals surface area contributed by atoms with Gasteiger partial charge >= 0.3 is 0 Å². The molecule has 0 saturated heterocycles. The highest BCUT2D eigenvalue weighted by Crippen LogP contribution is 2.49. The minimum absolute atomic E-state index is 0.605. The number of nitrogens with zero attached hydrogens (tertiary/aromatic N) is 3. The number of aromatic nitrogens is 5. The van der Waals surface area contributed by atoms with Gasteiger partial charge in [-0.3, -0.25) is 0 Å². The molecule has 8 bridgehead atoms. The summed E-state index contributed by atoms with van der Waals surface area (Å²) in [6.45, 7) is 0. The molecule has 5 heterocycles. The van der Waals surface area contributed by atoms with Crippen molar-refractivity contribution in [2.45, 2.75) is 0 Å². The van der Waals surface area contributed by atoms with E-state index in [0.717, 1.165) is 143 Å². The fourth-order valence-electron chi connectivity index (χ4n) is 11.1. The Labute approximate surface area is 410 Å². The van der Waals surface area contributed by atoms with Crippen molar-refractivity contribution in [2.24, 2.45) is 0 Å². The molecule has 0 saturated carbocycles. The van der Waals surface area contributed by atoms with Crippen LogP contribution < -0.4 is 0 Å². The Hall–Kier alpha value is -8.61. The van der Waals surface area contributed by atoms with Gasteiger partial charge in [0.1, 0.15) is 5.65 Å². The molecule has 2 aliphatic heterocycles. The van der Waals surface area contributed by atoms with Crippen LogP contribution in [0.4, 0.5) is 0 Å². The maximum atomic E-state index is 6.94. The number of fused-ring (bicyclic) bond motifs is 24. The van der Waals surface area contributed by atoms with Crippen molar-refractivity contribution >= 4 is 110 Å². The summed E-state index contributed by atoms with van der Waals surface area (Å²) in [5.41, 5.74) is 13.6. The van der Waals surface area contributed by atoms with Crippen molar-refractivity contribution in [1.82, 2.24) is 24.9 Å². The maximum Gasteiger partial charge on any atom is 0.162 e. The molecule has 5 nitrogen and oxygen atoms in total. The molecule has 0 radical (unpaired) electrons. The number of aromatic amines is 2. The van der Waals surface area contributed by atoms with Crippen molar-refractivity contribution in [3.8, 4) is 67.4 Å². The van der Waals surface area contributed by atoms with E-state index in [1.165, 1.54) is 0 Å². The third kappa shape index (κ3) is 6.02. The predicted molar refractivity (Wildman–Crippen MR) is 294 cm³/mol. The number of halogens is 2. The summed E-state index contributed by atoms with van der Waals surface area (Å²) < 4.78 is 0. The Morgan fingerprint density at radius 3 is 1.30 bits per heavy atom. The number of hydrogen-bond donors (Lipinski definition) is 2. The summed E-state index contributed by atoms with van der Waals surface area (Å²) in [7, 11) is 0. The molecule has 0 amide bonds. The second kappa shape index (κ2) is 14.9. The average Bonchev–Trinajstić information content (AvgIpc) is 4.12. The molecule has 0 atom stereocenters. The summed E-state index contributed by atoms with van der Waals surface area (Å²) in [6, 6.07) is 70.7. The minimum Gasteiger partial charge on any atom is -0.354 e. The normalized spacial score (nSPS) is 12.1. The molecule has 2 N–H and O–H groups in total. The zero-order chi connectivity index (χ0) is 46.2. The fourth-order valence-corrected chi connectivity index (χ4v) is 11.5. The smallest absolute Gasteiger partial charge is 0.162 e. The van der Waals surface area contributed by atoms with Crippen molar-refractivity contribution in [3.05, 3.63) is 210 Å². The van der Waals surface area contributed by atoms with Crippen LogP contribution in [0.15, 0.2) is 200 Å². The minimum atomic E-state index is 0.605. The first-order valence-electron chi connectivity index (χ1n) is 23.4. The van der Waals surface area contributed by atoms with Crippen LogP contribution >= 0.6 is 23.2 Å². The van der Waals surface area contributed by atoms with E-state index in [1.807, 2.05) is 36.4 Å². The third-order valence-corrected chi connectivity index (χ3v) is 14.8. The summed E-state index contributed by atoms with van der Waals surface area (Å²) in [6.07, 6.45) is 0. The van der Waals surface area contributed by atoms with Gasteiger partial charge in [0.05, 0.1) is 28.1 Å². The van der Waals surface area contributed by atoms with Crippen LogP contribution in [0.25, 0.3) is 154 Å². The van der Waals surface area contributed by atoms with E-state index < -0.39 is 0 Å². The molecule has 0 aliphatic carbocycles. The Balaban J connectivity index is 1.23. The molecule has 0 spiro atoms. The highest BCUT2D eigenvalue weighted by Gasteiger charge is 2.28. The third-order valence-electron chi connectivity index (χ3n) is 14.3. The summed E-state index contributed by atoms with van der Waals surface area (Å²) in [5, 5.41) is 14.3. The van der Waals surface area contributed by atoms with Crippen LogP contribution in [-0.4, -0.2) is 24.9 Å². The van der Waals surface area contributed by atoms with Gasteiger partial charge in [-0.1, -0.05) is 145 Å². The van der Waals surface area contributed by atoms with Crippen molar-refractivity contribution in [2.75, 3.05) is 0 Å². The SMILES string of the molecule is Clc1cccc(-c2c3nc(nc4[nH]c(c(-c5cccc(Cl)c5)c5nc(cc6[nH]c2c2cc7ccccc7cc62)-c2cc6ccccc6cc2-5)c2cc5ccccc5cc42)-c2cc4ccccc4cc2-3)c1. The zero-order valence-electron chi connectivity index (χ0n) is 37.2. The van der Waals surface area contributed by atoms with Crippen molar-refractivity contribution in [3.63, 3.8) is 0 Å². The lowest BCUT2D eigenvalue weighted by Gasteiger charge is -2.09. The standard InChI is InChI=1S/C63H35Cl2N5/c64-44-21-9-19-42(23-44)56-58-48-27-36-13-3-1-11-34(36)25-46(48)54(66-58)33-55-47-26-35-12-2-4-14-37(35)28-49(47)59(67-55)57(43-20-10-22-45(65)24-43)61-51-30-39-16-6-8-18-41(39)32-53(51)63(69-61)70-62-52-31-40-17-7-5-15-38(40)29-50(52)60(56)68-62/h1-33,66H,(H,68,69,70). The van der Waals surface area contributed by atoms with E-state index in [1.54, 1.807) is 0 Å². The number of rotatable bonds is 2. The average molecular weight is 933 g/mol. The molecule has 2 aliphatic rings. The monoisotopic (exact) mass is 931 g/mol. The molecule has 0 fully saturated rings. The fraction of sp³-hybridized carbons (Fsp3) is 0. The van der Waals surface area contributed by atoms with E-state index in [-0.39, 0.29) is 0 Å². The zero-order valence-corrected chi connectivity index (χ0v) is 38.7. The second-order valence-electron chi connectivity index (χ2n) is 18.4. The lowest BCUT2D eigenvalue weighted by Crippen LogP contribution is -1.87. The van der Waals surface area contributed by atoms with Gasteiger partial charge in [0, 0.05) is 70.5 Å². The Morgan fingerprint density at radius 1 is 0.329 bits per heavy atom. The Bertz CT molecular complexity index is 4350. The van der Waals surface area contributed by atoms with Crippen LogP contribution in [0.5, 0.6) is 0 Å². The van der Waals surface area contributed by atoms with Crippen LogP contribution in [0.1, 0.15) is 0 Å². The largest absolute Gasteiger partial charge is 0.354 e. The lowest BCUT2D eigenvalue weighted by molar-refractivity contribution is 1.27. The Kier molecular flexibility index (Phi) is 8.41. The number of hydrogen-bond acceptors (Lipinski definition) is 3. The summed E-state index contributed by atoms with van der Waals surface area (Å²) >= 11 is 13.9. The first kappa shape index (κ1) is 39.4. The second-order valence-corrected chi connectivity index (χ2v) is 19.3. The molecule has 13 aromatic rings. The van der Waals surface area contributed by atoms with Gasteiger partial charge in [0.25, 0.3) is 0 Å². The Morgan fingerprint density at radius 2 is 0.757 bits per heavy atom. The first-order chi connectivity index (χ1) is 34.5. The highest BCUT2D eigenvalue weighted by molar-refractivity contribution is 6.31. The molecule has 7 heteroatoms. The van der Waals surface area contributed by atoms with Gasteiger partial charge in [-0.2, -0.15) is 0 Å². The summed E-state index contributed by atoms with van der Waals surface area (Å²) in [4.78, 5) is 25.1. The topological polar surface area (TPSA) is 70.2 Å². The van der Waals surface area contributed by atoms with E-state index >= 15 is 0 Å². The summed E-state index contributed by atoms with van der Waals surface area (Å²) in [5.74, 6) is 0.605. The molecule has 326 valence electrons. The van der Waals surface area contributed by atoms with Gasteiger partial charge in [-0.05, 0) is 133 Å². The molecule has 3 aromatic heterocycles. The van der Waals surface area contributed by atoms with Gasteiger partial charge in [-0.25, -0.2) is 15.0 Å². The maximum absolute atomic E-state index is 6.94. The molecule has 0 unspecified atom stereocenters. The van der Waals surface area contributed by atoms with E-state index in [9.17, 15) is 0 Å². The number of benzene rings is 10. The van der Waals surface area contributed by atoms with E-state index in [2.05, 4.69) is 174 Å². The van der Waals surface area contributed by atoms with E-state index in [4.69, 9.17) is 38.2 Å². The molecular formula is C63H35Cl2N5. The van der Waals surface area contributed by atoms with Crippen molar-refractivity contribution < 1.29 is 0 Å². The lowest BCUT2D eigenvalue weighted by atomic mass is 9.93.